The topological polar surface area (TPSA) is 54.0 Å². The van der Waals surface area contributed by atoms with Gasteiger partial charge >= 0.3 is 0 Å². The fraction of sp³-hybridized carbons (Fsp3) is 0.500. The van der Waals surface area contributed by atoms with Crippen LogP contribution in [-0.4, -0.2) is 24.5 Å². The number of nitrogens with one attached hydrogen (secondary N) is 2. The molecule has 2 unspecified atom stereocenters. The molecule has 86 valence electrons. The van der Waals surface area contributed by atoms with E-state index in [1.165, 1.54) is 6.42 Å². The fourth-order valence-corrected chi connectivity index (χ4v) is 1.79. The van der Waals surface area contributed by atoms with Crippen molar-refractivity contribution in [1.29, 1.82) is 0 Å². The zero-order valence-electron chi connectivity index (χ0n) is 9.66. The number of amides is 1. The second kappa shape index (κ2) is 4.51. The van der Waals surface area contributed by atoms with Crippen LogP contribution in [0.3, 0.4) is 0 Å². The molecule has 1 saturated carbocycles. The van der Waals surface area contributed by atoms with E-state index in [2.05, 4.69) is 22.5 Å². The van der Waals surface area contributed by atoms with E-state index in [4.69, 9.17) is 0 Å². The molecule has 0 spiro atoms. The van der Waals surface area contributed by atoms with E-state index in [9.17, 15) is 4.79 Å². The molecule has 1 aromatic heterocycles. The molecule has 1 heterocycles. The van der Waals surface area contributed by atoms with Gasteiger partial charge < -0.3 is 10.6 Å². The molecular weight excluding hydrogens is 202 g/mol. The number of pyridine rings is 1. The summed E-state index contributed by atoms with van der Waals surface area (Å²) in [5.74, 6) is 2.01. The molecule has 4 nitrogen and oxygen atoms in total. The Morgan fingerprint density at radius 2 is 2.38 bits per heavy atom. The van der Waals surface area contributed by atoms with Gasteiger partial charge in [0, 0.05) is 19.8 Å². The lowest BCUT2D eigenvalue weighted by Crippen LogP contribution is -2.26. The Morgan fingerprint density at radius 3 is 3.00 bits per heavy atom. The molecule has 0 saturated heterocycles. The molecule has 2 rings (SSSR count). The molecule has 2 N–H and O–H groups in total. The smallest absolute Gasteiger partial charge is 0.255 e. The lowest BCUT2D eigenvalue weighted by molar-refractivity contribution is 0.0952. The van der Waals surface area contributed by atoms with Crippen LogP contribution in [0.15, 0.2) is 18.3 Å². The predicted octanol–water partition coefficient (Wildman–Crippen LogP) is 1.51. The molecule has 4 heteroatoms. The van der Waals surface area contributed by atoms with Gasteiger partial charge in [-0.1, -0.05) is 6.92 Å². The first-order chi connectivity index (χ1) is 7.72. The molecule has 2 atom stereocenters. The summed E-state index contributed by atoms with van der Waals surface area (Å²) in [6, 6.07) is 3.56. The first-order valence-corrected chi connectivity index (χ1v) is 5.63. The third kappa shape index (κ3) is 2.32. The minimum Gasteiger partial charge on any atom is -0.372 e. The maximum atomic E-state index is 11.9. The Hall–Kier alpha value is -1.58. The molecule has 0 aliphatic heterocycles. The minimum atomic E-state index is -0.0449. The van der Waals surface area contributed by atoms with Crippen molar-refractivity contribution in [2.45, 2.75) is 13.3 Å². The van der Waals surface area contributed by atoms with E-state index in [0.29, 0.717) is 17.3 Å². The van der Waals surface area contributed by atoms with E-state index in [0.717, 1.165) is 12.5 Å². The minimum absolute atomic E-state index is 0.0449. The van der Waals surface area contributed by atoms with Gasteiger partial charge in [0.05, 0.1) is 5.56 Å². The van der Waals surface area contributed by atoms with Crippen LogP contribution in [0.1, 0.15) is 23.7 Å². The molecule has 1 aromatic rings. The van der Waals surface area contributed by atoms with Crippen LogP contribution in [0.4, 0.5) is 5.82 Å². The average Bonchev–Trinajstić information content (AvgIpc) is 3.02. The van der Waals surface area contributed by atoms with Crippen molar-refractivity contribution >= 4 is 11.7 Å². The number of nitrogens with zero attached hydrogens (tertiary/aromatic N) is 1. The molecule has 1 aliphatic rings. The number of hydrogen-bond donors (Lipinski definition) is 2. The van der Waals surface area contributed by atoms with Gasteiger partial charge in [-0.25, -0.2) is 4.98 Å². The Balaban J connectivity index is 1.97. The van der Waals surface area contributed by atoms with Crippen molar-refractivity contribution in [3.63, 3.8) is 0 Å². The first-order valence-electron chi connectivity index (χ1n) is 5.63. The number of aromatic nitrogens is 1. The highest BCUT2D eigenvalue weighted by atomic mass is 16.1. The summed E-state index contributed by atoms with van der Waals surface area (Å²) in [6.45, 7) is 2.98. The zero-order chi connectivity index (χ0) is 11.5. The van der Waals surface area contributed by atoms with Gasteiger partial charge in [0.1, 0.15) is 5.82 Å². The number of hydrogen-bond acceptors (Lipinski definition) is 3. The second-order valence-electron chi connectivity index (χ2n) is 4.33. The van der Waals surface area contributed by atoms with Crippen LogP contribution in [0.25, 0.3) is 0 Å². The summed E-state index contributed by atoms with van der Waals surface area (Å²) in [6.07, 6.45) is 2.90. The molecule has 0 radical (unpaired) electrons. The van der Waals surface area contributed by atoms with E-state index in [1.807, 2.05) is 0 Å². The van der Waals surface area contributed by atoms with E-state index < -0.39 is 0 Å². The number of carbonyl (C=O) groups excluding carboxylic acids is 1. The third-order valence-electron chi connectivity index (χ3n) is 3.09. The summed E-state index contributed by atoms with van der Waals surface area (Å²) < 4.78 is 0. The Kier molecular flexibility index (Phi) is 3.08. The summed E-state index contributed by atoms with van der Waals surface area (Å²) in [5, 5.41) is 5.86. The molecule has 16 heavy (non-hydrogen) atoms. The average molecular weight is 219 g/mol. The van der Waals surface area contributed by atoms with Gasteiger partial charge in [-0.15, -0.1) is 0 Å². The summed E-state index contributed by atoms with van der Waals surface area (Å²) >= 11 is 0. The summed E-state index contributed by atoms with van der Waals surface area (Å²) in [5.41, 5.74) is 0.610. The maximum absolute atomic E-state index is 11.9. The van der Waals surface area contributed by atoms with Crippen LogP contribution in [0.2, 0.25) is 0 Å². The maximum Gasteiger partial charge on any atom is 0.255 e. The second-order valence-corrected chi connectivity index (χ2v) is 4.33. The van der Waals surface area contributed by atoms with Crippen molar-refractivity contribution in [2.75, 3.05) is 18.9 Å². The van der Waals surface area contributed by atoms with E-state index in [-0.39, 0.29) is 5.91 Å². The highest BCUT2D eigenvalue weighted by Crippen LogP contribution is 2.36. The van der Waals surface area contributed by atoms with Crippen LogP contribution in [0.5, 0.6) is 0 Å². The van der Waals surface area contributed by atoms with Gasteiger partial charge in [-0.05, 0) is 30.4 Å². The van der Waals surface area contributed by atoms with Crippen LogP contribution in [-0.2, 0) is 0 Å². The molecule has 1 fully saturated rings. The van der Waals surface area contributed by atoms with Gasteiger partial charge in [0.25, 0.3) is 5.91 Å². The quantitative estimate of drug-likeness (QED) is 0.807. The fourth-order valence-electron chi connectivity index (χ4n) is 1.79. The Bertz CT molecular complexity index is 392. The van der Waals surface area contributed by atoms with Crippen molar-refractivity contribution in [1.82, 2.24) is 10.3 Å². The first kappa shape index (κ1) is 10.9. The largest absolute Gasteiger partial charge is 0.372 e. The van der Waals surface area contributed by atoms with Crippen LogP contribution in [0, 0.1) is 11.8 Å². The van der Waals surface area contributed by atoms with Crippen molar-refractivity contribution in [2.24, 2.45) is 11.8 Å². The number of anilines is 1. The third-order valence-corrected chi connectivity index (χ3v) is 3.09. The monoisotopic (exact) mass is 219 g/mol. The van der Waals surface area contributed by atoms with Gasteiger partial charge in [-0.2, -0.15) is 0 Å². The van der Waals surface area contributed by atoms with Crippen LogP contribution < -0.4 is 10.6 Å². The van der Waals surface area contributed by atoms with Gasteiger partial charge in [0.15, 0.2) is 0 Å². The number of rotatable bonds is 4. The standard InChI is InChI=1S/C12H17N3O/c1-8-6-9(8)7-15-12(16)10-4-3-5-14-11(10)13-2/h3-5,8-9H,6-7H2,1-2H3,(H,13,14)(H,15,16). The predicted molar refractivity (Wildman–Crippen MR) is 63.4 cm³/mol. The zero-order valence-corrected chi connectivity index (χ0v) is 9.66. The summed E-state index contributed by atoms with van der Waals surface area (Å²) in [4.78, 5) is 16.0. The highest BCUT2D eigenvalue weighted by Gasteiger charge is 2.32. The Labute approximate surface area is 95.5 Å². The van der Waals surface area contributed by atoms with Crippen molar-refractivity contribution in [3.8, 4) is 0 Å². The summed E-state index contributed by atoms with van der Waals surface area (Å²) in [7, 11) is 1.77. The van der Waals surface area contributed by atoms with Crippen molar-refractivity contribution < 1.29 is 4.79 Å². The molecule has 0 bridgehead atoms. The van der Waals surface area contributed by atoms with Crippen molar-refractivity contribution in [3.05, 3.63) is 23.9 Å². The molecule has 1 aliphatic carbocycles. The van der Waals surface area contributed by atoms with E-state index in [1.54, 1.807) is 25.4 Å². The lowest BCUT2D eigenvalue weighted by atomic mass is 10.2. The molecule has 0 aromatic carbocycles. The van der Waals surface area contributed by atoms with Gasteiger partial charge in [-0.3, -0.25) is 4.79 Å². The van der Waals surface area contributed by atoms with Gasteiger partial charge in [0.2, 0.25) is 0 Å². The lowest BCUT2D eigenvalue weighted by Gasteiger charge is -2.08. The molecular formula is C12H17N3O. The normalized spacial score (nSPS) is 22.6. The van der Waals surface area contributed by atoms with Crippen LogP contribution >= 0.6 is 0 Å². The highest BCUT2D eigenvalue weighted by molar-refractivity contribution is 5.98. The van der Waals surface area contributed by atoms with E-state index >= 15 is 0 Å². The SMILES string of the molecule is CNc1ncccc1C(=O)NCC1CC1C. The number of carbonyl (C=O) groups is 1. The molecule has 1 amide bonds. The Morgan fingerprint density at radius 1 is 1.62 bits per heavy atom.